The zero-order chi connectivity index (χ0) is 7.78. The third-order valence-corrected chi connectivity index (χ3v) is 1.60. The Morgan fingerprint density at radius 3 is 2.30 bits per heavy atom. The monoisotopic (exact) mass is 144 g/mol. The van der Waals surface area contributed by atoms with E-state index in [0.29, 0.717) is 12.8 Å². The van der Waals surface area contributed by atoms with E-state index in [-0.39, 0.29) is 12.2 Å². The molecule has 0 unspecified atom stereocenters. The molecule has 2 nitrogen and oxygen atoms in total. The Bertz CT molecular complexity index is 182. The second-order valence-electron chi connectivity index (χ2n) is 2.77. The smallest absolute Gasteiger partial charge is 0.177 e. The molecule has 0 bridgehead atoms. The molecule has 56 valence electrons. The van der Waals surface area contributed by atoms with Crippen LogP contribution in [0.1, 0.15) is 26.2 Å². The minimum atomic E-state index is -1.62. The van der Waals surface area contributed by atoms with Crippen molar-refractivity contribution in [3.05, 3.63) is 0 Å². The summed E-state index contributed by atoms with van der Waals surface area (Å²) in [7, 11) is 0. The first-order valence-corrected chi connectivity index (χ1v) is 3.26. The third-order valence-electron chi connectivity index (χ3n) is 1.60. The van der Waals surface area contributed by atoms with Gasteiger partial charge in [0.15, 0.2) is 11.5 Å². The van der Waals surface area contributed by atoms with Crippen molar-refractivity contribution in [2.45, 2.75) is 31.9 Å². The lowest BCUT2D eigenvalue weighted by atomic mass is 10.1. The van der Waals surface area contributed by atoms with Crippen molar-refractivity contribution < 1.29 is 14.0 Å². The maximum atomic E-state index is 12.8. The fraction of sp³-hybridized carbons (Fsp3) is 0.714. The molecule has 0 aromatic heterocycles. The predicted octanol–water partition coefficient (Wildman–Crippen LogP) is 1.04. The molecule has 0 N–H and O–H groups in total. The van der Waals surface area contributed by atoms with Gasteiger partial charge in [0.2, 0.25) is 0 Å². The van der Waals surface area contributed by atoms with Crippen molar-refractivity contribution in [1.29, 1.82) is 0 Å². The highest BCUT2D eigenvalue weighted by Gasteiger charge is 2.50. The normalized spacial score (nSPS) is 20.2. The van der Waals surface area contributed by atoms with Crippen LogP contribution in [0.4, 0.5) is 4.39 Å². The molecule has 10 heavy (non-hydrogen) atoms. The second-order valence-corrected chi connectivity index (χ2v) is 2.77. The van der Waals surface area contributed by atoms with E-state index in [2.05, 4.69) is 0 Å². The number of carbonyl (C=O) groups is 2. The number of ketones is 2. The van der Waals surface area contributed by atoms with Crippen LogP contribution in [0.3, 0.4) is 0 Å². The van der Waals surface area contributed by atoms with Crippen molar-refractivity contribution in [2.24, 2.45) is 0 Å². The van der Waals surface area contributed by atoms with Gasteiger partial charge in [0.1, 0.15) is 5.78 Å². The van der Waals surface area contributed by atoms with E-state index >= 15 is 0 Å². The van der Waals surface area contributed by atoms with E-state index in [1.165, 1.54) is 6.92 Å². The summed E-state index contributed by atoms with van der Waals surface area (Å²) in [6, 6.07) is 0. The number of rotatable bonds is 3. The summed E-state index contributed by atoms with van der Waals surface area (Å²) in [5, 5.41) is 0. The van der Waals surface area contributed by atoms with Gasteiger partial charge in [-0.25, -0.2) is 4.39 Å². The van der Waals surface area contributed by atoms with Crippen LogP contribution >= 0.6 is 0 Å². The summed E-state index contributed by atoms with van der Waals surface area (Å²) >= 11 is 0. The number of alkyl halides is 1. The van der Waals surface area contributed by atoms with Crippen molar-refractivity contribution in [2.75, 3.05) is 0 Å². The molecule has 1 aliphatic rings. The van der Waals surface area contributed by atoms with E-state index in [1.54, 1.807) is 0 Å². The van der Waals surface area contributed by atoms with Gasteiger partial charge >= 0.3 is 0 Å². The lowest BCUT2D eigenvalue weighted by molar-refractivity contribution is -0.130. The number of hydrogen-bond acceptors (Lipinski definition) is 2. The average molecular weight is 144 g/mol. The summed E-state index contributed by atoms with van der Waals surface area (Å²) in [4.78, 5) is 21.1. The highest BCUT2D eigenvalue weighted by atomic mass is 19.1. The van der Waals surface area contributed by atoms with Crippen LogP contribution in [0.2, 0.25) is 0 Å². The molecule has 0 heterocycles. The lowest BCUT2D eigenvalue weighted by Crippen LogP contribution is -2.18. The zero-order valence-electron chi connectivity index (χ0n) is 5.82. The zero-order valence-corrected chi connectivity index (χ0v) is 5.82. The minimum absolute atomic E-state index is 0.240. The molecule has 0 atom stereocenters. The van der Waals surface area contributed by atoms with Crippen molar-refractivity contribution >= 4 is 11.6 Å². The molecule has 0 amide bonds. The van der Waals surface area contributed by atoms with Crippen LogP contribution < -0.4 is 0 Å². The number of Topliss-reactive ketones (excluding diaryl/α,β-unsaturated/α-hetero) is 2. The molecular weight excluding hydrogens is 135 g/mol. The van der Waals surface area contributed by atoms with Gasteiger partial charge in [-0.15, -0.1) is 0 Å². The summed E-state index contributed by atoms with van der Waals surface area (Å²) in [6.07, 6.45) is 0.370. The number of carbonyl (C=O) groups excluding carboxylic acids is 2. The van der Waals surface area contributed by atoms with Crippen LogP contribution in [0, 0.1) is 0 Å². The van der Waals surface area contributed by atoms with Crippen molar-refractivity contribution in [3.8, 4) is 0 Å². The van der Waals surface area contributed by atoms with Gasteiger partial charge in [0, 0.05) is 0 Å². The third kappa shape index (κ3) is 1.40. The van der Waals surface area contributed by atoms with Crippen molar-refractivity contribution in [1.82, 2.24) is 0 Å². The van der Waals surface area contributed by atoms with Crippen LogP contribution in [0.15, 0.2) is 0 Å². The van der Waals surface area contributed by atoms with Gasteiger partial charge in [-0.05, 0) is 19.8 Å². The average Bonchev–Trinajstić information content (AvgIpc) is 2.47. The highest BCUT2D eigenvalue weighted by molar-refractivity contribution is 6.03. The first-order valence-electron chi connectivity index (χ1n) is 3.26. The Morgan fingerprint density at radius 2 is 2.00 bits per heavy atom. The van der Waals surface area contributed by atoms with Crippen LogP contribution in [0.25, 0.3) is 0 Å². The van der Waals surface area contributed by atoms with Gasteiger partial charge in [-0.2, -0.15) is 0 Å². The van der Waals surface area contributed by atoms with Gasteiger partial charge in [-0.1, -0.05) is 0 Å². The molecule has 1 rings (SSSR count). The summed E-state index contributed by atoms with van der Waals surface area (Å²) < 4.78 is 12.8. The number of halogens is 1. The molecule has 0 aromatic carbocycles. The maximum Gasteiger partial charge on any atom is 0.177 e. The van der Waals surface area contributed by atoms with Gasteiger partial charge in [-0.3, -0.25) is 9.59 Å². The Hall–Kier alpha value is -0.730. The Morgan fingerprint density at radius 1 is 1.50 bits per heavy atom. The standard InChI is InChI=1S/C7H9FO2/c1-5(9)4-6(10)7(8)2-3-7/h2-4H2,1H3. The Kier molecular flexibility index (Phi) is 1.58. The topological polar surface area (TPSA) is 34.1 Å². The minimum Gasteiger partial charge on any atom is -0.300 e. The van der Waals surface area contributed by atoms with E-state index in [0.717, 1.165) is 0 Å². The van der Waals surface area contributed by atoms with Crippen molar-refractivity contribution in [3.63, 3.8) is 0 Å². The van der Waals surface area contributed by atoms with Crippen LogP contribution in [0.5, 0.6) is 0 Å². The molecular formula is C7H9FO2. The largest absolute Gasteiger partial charge is 0.300 e. The molecule has 3 heteroatoms. The molecule has 1 fully saturated rings. The first kappa shape index (κ1) is 7.38. The van der Waals surface area contributed by atoms with Crippen LogP contribution in [-0.2, 0) is 9.59 Å². The molecule has 0 aromatic rings. The van der Waals surface area contributed by atoms with Gasteiger partial charge in [0.05, 0.1) is 6.42 Å². The molecule has 0 aliphatic heterocycles. The fourth-order valence-electron chi connectivity index (χ4n) is 0.773. The quantitative estimate of drug-likeness (QED) is 0.554. The number of hydrogen-bond donors (Lipinski definition) is 0. The van der Waals surface area contributed by atoms with Crippen LogP contribution in [-0.4, -0.2) is 17.2 Å². The van der Waals surface area contributed by atoms with Gasteiger partial charge < -0.3 is 0 Å². The fourth-order valence-corrected chi connectivity index (χ4v) is 0.773. The Labute approximate surface area is 58.4 Å². The molecule has 1 aliphatic carbocycles. The molecule has 0 radical (unpaired) electrons. The first-order chi connectivity index (χ1) is 4.54. The lowest BCUT2D eigenvalue weighted by Gasteiger charge is -1.98. The summed E-state index contributed by atoms with van der Waals surface area (Å²) in [6.45, 7) is 1.30. The maximum absolute atomic E-state index is 12.8. The van der Waals surface area contributed by atoms with E-state index < -0.39 is 11.5 Å². The molecule has 0 saturated heterocycles. The van der Waals surface area contributed by atoms with E-state index in [4.69, 9.17) is 0 Å². The van der Waals surface area contributed by atoms with E-state index in [1.807, 2.05) is 0 Å². The molecule has 0 spiro atoms. The van der Waals surface area contributed by atoms with Gasteiger partial charge in [0.25, 0.3) is 0 Å². The Balaban J connectivity index is 2.43. The predicted molar refractivity (Wildman–Crippen MR) is 33.4 cm³/mol. The second kappa shape index (κ2) is 2.15. The summed E-state index contributed by atoms with van der Waals surface area (Å²) in [5.74, 6) is -0.797. The molecule has 1 saturated carbocycles. The highest BCUT2D eigenvalue weighted by Crippen LogP contribution is 2.41. The SMILES string of the molecule is CC(=O)CC(=O)C1(F)CC1. The summed E-state index contributed by atoms with van der Waals surface area (Å²) in [5.41, 5.74) is -1.62. The van der Waals surface area contributed by atoms with E-state index in [9.17, 15) is 14.0 Å².